The predicted molar refractivity (Wildman–Crippen MR) is 143 cm³/mol. The number of hydrogen-bond acceptors (Lipinski definition) is 4. The van der Waals surface area contributed by atoms with Gasteiger partial charge < -0.3 is 25.6 Å². The summed E-state index contributed by atoms with van der Waals surface area (Å²) >= 11 is 0. The maximum atomic E-state index is 14.1. The van der Waals surface area contributed by atoms with Crippen LogP contribution in [0.25, 0.3) is 0 Å². The van der Waals surface area contributed by atoms with E-state index >= 15 is 0 Å². The van der Waals surface area contributed by atoms with E-state index in [1.807, 2.05) is 0 Å². The molecule has 1 saturated heterocycles. The van der Waals surface area contributed by atoms with E-state index in [-0.39, 0.29) is 35.1 Å². The van der Waals surface area contributed by atoms with Crippen LogP contribution >= 0.6 is 0 Å². The van der Waals surface area contributed by atoms with Gasteiger partial charge in [-0.1, -0.05) is 0 Å². The highest BCUT2D eigenvalue weighted by atomic mass is 19.4. The lowest BCUT2D eigenvalue weighted by Gasteiger charge is -2.60. The number of ether oxygens (including phenoxy) is 1. The van der Waals surface area contributed by atoms with Gasteiger partial charge in [-0.25, -0.2) is 9.78 Å². The van der Waals surface area contributed by atoms with Gasteiger partial charge in [0.05, 0.1) is 28.8 Å². The Morgan fingerprint density at radius 3 is 2.39 bits per heavy atom. The van der Waals surface area contributed by atoms with Crippen LogP contribution in [0.1, 0.15) is 41.7 Å². The van der Waals surface area contributed by atoms with E-state index < -0.39 is 23.2 Å². The van der Waals surface area contributed by atoms with Crippen LogP contribution in [-0.4, -0.2) is 30.9 Å². The molecule has 0 bridgehead atoms. The smallest absolute Gasteiger partial charge is 0.418 e. The van der Waals surface area contributed by atoms with Crippen molar-refractivity contribution in [2.75, 3.05) is 22.6 Å². The molecule has 3 fully saturated rings. The fraction of sp³-hybridized carbons (Fsp3) is 0.310. The number of H-pyrrole nitrogens is 1. The van der Waals surface area contributed by atoms with E-state index in [1.54, 1.807) is 36.5 Å². The fourth-order valence-electron chi connectivity index (χ4n) is 6.34. The molecule has 3 aromatic rings. The molecule has 41 heavy (non-hydrogen) atoms. The summed E-state index contributed by atoms with van der Waals surface area (Å²) in [5, 5.41) is 7.53. The number of carbonyl (C=O) groups excluding carboxylic acids is 3. The Hall–Kier alpha value is -4.61. The van der Waals surface area contributed by atoms with Gasteiger partial charge in [0.25, 0.3) is 5.69 Å². The number of carbonyl (C=O) groups is 3. The van der Waals surface area contributed by atoms with Crippen LogP contribution in [0.4, 0.5) is 35.0 Å². The molecule has 2 aliphatic carbocycles. The number of amides is 4. The quantitative estimate of drug-likeness (QED) is 0.355. The van der Waals surface area contributed by atoms with Crippen LogP contribution in [-0.2, 0) is 11.0 Å². The van der Waals surface area contributed by atoms with Crippen LogP contribution < -0.4 is 30.6 Å². The average Bonchev–Trinajstić information content (AvgIpc) is 3.15. The molecule has 4 amide bonds. The SMILES string of the molecule is CNC(=O)c1cc(Oc2ccc(NC(=O)Nc3ccc(N4C(=O)C56CCC5CCC46)c(C(F)(F)F)c3)cc2)cc[nH+]1. The van der Waals surface area contributed by atoms with Gasteiger partial charge in [0.2, 0.25) is 5.91 Å². The van der Waals surface area contributed by atoms with Crippen molar-refractivity contribution in [2.24, 2.45) is 11.3 Å². The Labute approximate surface area is 233 Å². The number of benzene rings is 2. The number of urea groups is 1. The lowest BCUT2D eigenvalue weighted by molar-refractivity contribution is -0.382. The molecule has 3 aliphatic rings. The minimum atomic E-state index is -4.71. The molecule has 12 heteroatoms. The van der Waals surface area contributed by atoms with E-state index in [9.17, 15) is 27.6 Å². The van der Waals surface area contributed by atoms with Crippen molar-refractivity contribution in [3.8, 4) is 11.5 Å². The molecule has 1 aromatic heterocycles. The van der Waals surface area contributed by atoms with Crippen LogP contribution in [0, 0.1) is 11.3 Å². The van der Waals surface area contributed by atoms with E-state index in [0.29, 0.717) is 29.3 Å². The van der Waals surface area contributed by atoms with Crippen molar-refractivity contribution in [2.45, 2.75) is 37.9 Å². The summed E-state index contributed by atoms with van der Waals surface area (Å²) in [5.74, 6) is 0.620. The minimum Gasteiger partial charge on any atom is -0.457 e. The minimum absolute atomic E-state index is 0.0537. The van der Waals surface area contributed by atoms with Crippen molar-refractivity contribution in [1.29, 1.82) is 0 Å². The van der Waals surface area contributed by atoms with Gasteiger partial charge in [-0.2, -0.15) is 13.2 Å². The van der Waals surface area contributed by atoms with Crippen molar-refractivity contribution in [1.82, 2.24) is 5.32 Å². The molecular formula is C29H27F3N5O4+. The van der Waals surface area contributed by atoms with Gasteiger partial charge in [-0.15, -0.1) is 0 Å². The molecule has 9 nitrogen and oxygen atoms in total. The summed E-state index contributed by atoms with van der Waals surface area (Å²) in [6, 6.07) is 12.1. The van der Waals surface area contributed by atoms with Gasteiger partial charge in [0.15, 0.2) is 6.20 Å². The van der Waals surface area contributed by atoms with Gasteiger partial charge in [0, 0.05) is 24.5 Å². The summed E-state index contributed by atoms with van der Waals surface area (Å²) in [4.78, 5) is 41.5. The third-order valence-electron chi connectivity index (χ3n) is 8.36. The summed E-state index contributed by atoms with van der Waals surface area (Å²) in [7, 11) is 1.51. The zero-order valence-corrected chi connectivity index (χ0v) is 22.0. The Kier molecular flexibility index (Phi) is 6.35. The van der Waals surface area contributed by atoms with Gasteiger partial charge >= 0.3 is 18.1 Å². The highest BCUT2D eigenvalue weighted by molar-refractivity contribution is 6.08. The molecule has 4 N–H and O–H groups in total. The Morgan fingerprint density at radius 2 is 1.71 bits per heavy atom. The first-order valence-electron chi connectivity index (χ1n) is 13.2. The second kappa shape index (κ2) is 9.79. The Morgan fingerprint density at radius 1 is 0.976 bits per heavy atom. The van der Waals surface area contributed by atoms with E-state index in [4.69, 9.17) is 4.74 Å². The van der Waals surface area contributed by atoms with Crippen LogP contribution in [0.5, 0.6) is 11.5 Å². The molecule has 212 valence electrons. The lowest BCUT2D eigenvalue weighted by atomic mass is 9.55. The van der Waals surface area contributed by atoms with Gasteiger partial charge in [-0.3, -0.25) is 9.59 Å². The number of aromatic amines is 1. The normalized spacial score (nSPS) is 22.5. The zero-order chi connectivity index (χ0) is 28.9. The number of anilines is 3. The second-order valence-electron chi connectivity index (χ2n) is 10.5. The first-order valence-corrected chi connectivity index (χ1v) is 13.2. The van der Waals surface area contributed by atoms with Crippen LogP contribution in [0.15, 0.2) is 60.8 Å². The van der Waals surface area contributed by atoms with Crippen molar-refractivity contribution >= 4 is 34.9 Å². The summed E-state index contributed by atoms with van der Waals surface area (Å²) < 4.78 is 47.9. The zero-order valence-electron chi connectivity index (χ0n) is 22.0. The number of nitrogens with one attached hydrogen (secondary N) is 4. The highest BCUT2D eigenvalue weighted by Gasteiger charge is 2.71. The lowest BCUT2D eigenvalue weighted by Crippen LogP contribution is -2.72. The molecule has 2 heterocycles. The predicted octanol–water partition coefficient (Wildman–Crippen LogP) is 5.22. The van der Waals surface area contributed by atoms with Crippen molar-refractivity contribution in [3.05, 3.63) is 72.1 Å². The number of halogens is 3. The van der Waals surface area contributed by atoms with E-state index in [1.165, 1.54) is 30.1 Å². The Bertz CT molecular complexity index is 1540. The second-order valence-corrected chi connectivity index (χ2v) is 10.5. The molecule has 1 spiro atoms. The monoisotopic (exact) mass is 566 g/mol. The van der Waals surface area contributed by atoms with Crippen molar-refractivity contribution in [3.63, 3.8) is 0 Å². The number of aromatic nitrogens is 1. The molecular weight excluding hydrogens is 539 g/mol. The first kappa shape index (κ1) is 26.6. The molecule has 3 unspecified atom stereocenters. The number of nitrogens with zero attached hydrogens (tertiary/aromatic N) is 1. The fourth-order valence-corrected chi connectivity index (χ4v) is 6.34. The van der Waals surface area contributed by atoms with E-state index in [2.05, 4.69) is 20.9 Å². The van der Waals surface area contributed by atoms with E-state index in [0.717, 1.165) is 25.3 Å². The van der Waals surface area contributed by atoms with Crippen LogP contribution in [0.3, 0.4) is 0 Å². The van der Waals surface area contributed by atoms with Crippen LogP contribution in [0.2, 0.25) is 0 Å². The number of β-lactam (4-membered cyclic amide) rings is 1. The molecule has 2 aromatic carbocycles. The number of alkyl halides is 3. The number of rotatable bonds is 6. The summed E-state index contributed by atoms with van der Waals surface area (Å²) in [6.45, 7) is 0. The highest BCUT2D eigenvalue weighted by Crippen LogP contribution is 2.66. The third-order valence-corrected chi connectivity index (χ3v) is 8.36. The number of hydrogen-bond donors (Lipinski definition) is 3. The first-order chi connectivity index (χ1) is 19.6. The van der Waals surface area contributed by atoms with Gasteiger partial charge in [-0.05, 0) is 74.1 Å². The van der Waals surface area contributed by atoms with Gasteiger partial charge in [0.1, 0.15) is 11.5 Å². The average molecular weight is 567 g/mol. The summed E-state index contributed by atoms with van der Waals surface area (Å²) in [5.41, 5.74) is -0.946. The van der Waals surface area contributed by atoms with Crippen molar-refractivity contribution < 1.29 is 37.3 Å². The molecule has 3 atom stereocenters. The molecule has 0 radical (unpaired) electrons. The topological polar surface area (TPSA) is 114 Å². The third kappa shape index (κ3) is 4.52. The largest absolute Gasteiger partial charge is 0.457 e. The molecule has 2 saturated carbocycles. The molecule has 1 aliphatic heterocycles. The Balaban J connectivity index is 1.12. The maximum Gasteiger partial charge on any atom is 0.418 e. The summed E-state index contributed by atoms with van der Waals surface area (Å²) in [6.07, 6.45) is 0.133. The number of pyridine rings is 1. The maximum absolute atomic E-state index is 14.1. The standard InChI is InChI=1S/C29H26F3N5O4/c1-33-25(38)22-15-20(11-13-34-22)41-19-6-3-17(4-7-19)35-27(40)36-18-5-8-23(21(14-18)29(30,31)32)37-24-9-2-16-10-12-28(16,24)26(37)39/h3-8,11,13-16,24H,2,9-10,12H2,1H3,(H,33,38)(H2,35,36,40)/p+1. The molecule has 6 rings (SSSR count).